The van der Waals surface area contributed by atoms with Gasteiger partial charge in [0.05, 0.1) is 17.9 Å². The Balaban J connectivity index is 1.21. The predicted octanol–water partition coefficient (Wildman–Crippen LogP) is 2.23. The quantitative estimate of drug-likeness (QED) is 0.707. The Morgan fingerprint density at radius 3 is 2.96 bits per heavy atom. The van der Waals surface area contributed by atoms with E-state index in [9.17, 15) is 4.79 Å². The average molecular weight is 378 g/mol. The number of hydrogen-bond donors (Lipinski definition) is 2. The van der Waals surface area contributed by atoms with E-state index in [0.29, 0.717) is 29.7 Å². The maximum atomic E-state index is 12.5. The fourth-order valence-electron chi connectivity index (χ4n) is 3.40. The van der Waals surface area contributed by atoms with Gasteiger partial charge in [-0.05, 0) is 44.0 Å². The number of hydrogen-bond acceptors (Lipinski definition) is 6. The molecular formula is C20H22N6O2. The number of aryl methyl sites for hydroxylation is 1. The summed E-state index contributed by atoms with van der Waals surface area (Å²) in [4.78, 5) is 16.9. The highest BCUT2D eigenvalue weighted by Crippen LogP contribution is 2.39. The molecule has 3 aromatic rings. The minimum absolute atomic E-state index is 0.125. The third kappa shape index (κ3) is 3.55. The molecule has 0 saturated heterocycles. The summed E-state index contributed by atoms with van der Waals surface area (Å²) in [5.41, 5.74) is 3.48. The maximum absolute atomic E-state index is 12.5. The first-order valence-electron chi connectivity index (χ1n) is 9.75. The van der Waals surface area contributed by atoms with Gasteiger partial charge < -0.3 is 15.2 Å². The van der Waals surface area contributed by atoms with Gasteiger partial charge in [-0.2, -0.15) is 10.1 Å². The summed E-state index contributed by atoms with van der Waals surface area (Å²) >= 11 is 0. The second-order valence-electron chi connectivity index (χ2n) is 7.37. The minimum atomic E-state index is -0.125. The Labute approximate surface area is 162 Å². The summed E-state index contributed by atoms with van der Waals surface area (Å²) in [6.07, 6.45) is 3.31. The van der Waals surface area contributed by atoms with Gasteiger partial charge in [-0.1, -0.05) is 17.3 Å². The number of carbonyl (C=O) groups is 1. The van der Waals surface area contributed by atoms with Gasteiger partial charge >= 0.3 is 0 Å². The smallest absolute Gasteiger partial charge is 0.251 e. The molecule has 1 amide bonds. The van der Waals surface area contributed by atoms with E-state index in [1.807, 2.05) is 16.8 Å². The second kappa shape index (κ2) is 7.20. The predicted molar refractivity (Wildman–Crippen MR) is 101 cm³/mol. The van der Waals surface area contributed by atoms with E-state index in [2.05, 4.69) is 31.9 Å². The zero-order valence-corrected chi connectivity index (χ0v) is 15.5. The van der Waals surface area contributed by atoms with Crippen LogP contribution in [-0.2, 0) is 19.6 Å². The number of rotatable bonds is 5. The monoisotopic (exact) mass is 378 g/mol. The van der Waals surface area contributed by atoms with E-state index >= 15 is 0 Å². The van der Waals surface area contributed by atoms with Crippen LogP contribution in [0.15, 0.2) is 34.9 Å². The van der Waals surface area contributed by atoms with Gasteiger partial charge in [0, 0.05) is 30.1 Å². The highest BCUT2D eigenvalue weighted by atomic mass is 16.5. The van der Waals surface area contributed by atoms with Crippen molar-refractivity contribution in [2.45, 2.75) is 44.8 Å². The number of amides is 1. The molecule has 2 N–H and O–H groups in total. The lowest BCUT2D eigenvalue weighted by Gasteiger charge is -2.04. The van der Waals surface area contributed by atoms with Gasteiger partial charge in [0.15, 0.2) is 0 Å². The van der Waals surface area contributed by atoms with E-state index < -0.39 is 0 Å². The third-order valence-electron chi connectivity index (χ3n) is 5.15. The van der Waals surface area contributed by atoms with Gasteiger partial charge in [0.2, 0.25) is 11.7 Å². The van der Waals surface area contributed by atoms with Gasteiger partial charge in [0.25, 0.3) is 5.91 Å². The van der Waals surface area contributed by atoms with Crippen LogP contribution >= 0.6 is 0 Å². The van der Waals surface area contributed by atoms with Crippen LogP contribution in [0.3, 0.4) is 0 Å². The van der Waals surface area contributed by atoms with Crippen LogP contribution in [0.5, 0.6) is 0 Å². The number of carbonyl (C=O) groups excluding carboxylic acids is 1. The molecular weight excluding hydrogens is 356 g/mol. The molecule has 144 valence electrons. The summed E-state index contributed by atoms with van der Waals surface area (Å²) in [5, 5.41) is 14.9. The molecule has 1 fully saturated rings. The highest BCUT2D eigenvalue weighted by Gasteiger charge is 2.29. The molecule has 0 spiro atoms. The van der Waals surface area contributed by atoms with Crippen LogP contribution in [-0.4, -0.2) is 32.4 Å². The Hall–Kier alpha value is -3.00. The second-order valence-corrected chi connectivity index (χ2v) is 7.37. The van der Waals surface area contributed by atoms with Crippen LogP contribution in [0.25, 0.3) is 11.4 Å². The van der Waals surface area contributed by atoms with Crippen LogP contribution in [0.2, 0.25) is 0 Å². The van der Waals surface area contributed by atoms with Crippen LogP contribution in [0, 0.1) is 0 Å². The molecule has 5 rings (SSSR count). The van der Waals surface area contributed by atoms with E-state index in [1.165, 1.54) is 0 Å². The van der Waals surface area contributed by atoms with Gasteiger partial charge in [0.1, 0.15) is 0 Å². The van der Waals surface area contributed by atoms with Crippen molar-refractivity contribution in [3.63, 3.8) is 0 Å². The maximum Gasteiger partial charge on any atom is 0.251 e. The lowest BCUT2D eigenvalue weighted by molar-refractivity contribution is 0.0950. The lowest BCUT2D eigenvalue weighted by Crippen LogP contribution is -2.23. The standard InChI is InChI=1S/C20H22N6O2/c27-19(22-11-16-10-17-12-21-8-1-9-26(17)24-16)14-4-2-13(3-5-14)18-23-20(28-25-18)15-6-7-15/h2-5,10,15,21H,1,6-9,11-12H2,(H,22,27). The first-order valence-corrected chi connectivity index (χ1v) is 9.75. The molecule has 3 heterocycles. The van der Waals surface area contributed by atoms with Crippen molar-refractivity contribution in [2.75, 3.05) is 6.54 Å². The number of aromatic nitrogens is 4. The summed E-state index contributed by atoms with van der Waals surface area (Å²) in [7, 11) is 0. The van der Waals surface area contributed by atoms with Gasteiger partial charge in [-0.25, -0.2) is 0 Å². The fraction of sp³-hybridized carbons (Fsp3) is 0.400. The number of nitrogens with zero attached hydrogens (tertiary/aromatic N) is 4. The Morgan fingerprint density at radius 2 is 2.14 bits per heavy atom. The van der Waals surface area contributed by atoms with Crippen molar-refractivity contribution >= 4 is 5.91 Å². The van der Waals surface area contributed by atoms with Gasteiger partial charge in [-0.15, -0.1) is 0 Å². The Morgan fingerprint density at radius 1 is 1.29 bits per heavy atom. The van der Waals surface area contributed by atoms with Crippen LogP contribution in [0.1, 0.15) is 52.8 Å². The summed E-state index contributed by atoms with van der Waals surface area (Å²) < 4.78 is 7.32. The van der Waals surface area contributed by atoms with E-state index in [0.717, 1.165) is 55.8 Å². The number of fused-ring (bicyclic) bond motifs is 1. The summed E-state index contributed by atoms with van der Waals surface area (Å²) in [6, 6.07) is 9.31. The van der Waals surface area contributed by atoms with Crippen molar-refractivity contribution < 1.29 is 9.32 Å². The van der Waals surface area contributed by atoms with E-state index in [1.54, 1.807) is 12.1 Å². The molecule has 2 aromatic heterocycles. The van der Waals surface area contributed by atoms with Gasteiger partial charge in [-0.3, -0.25) is 9.48 Å². The van der Waals surface area contributed by atoms with Crippen molar-refractivity contribution in [3.05, 3.63) is 53.2 Å². The molecule has 8 nitrogen and oxygen atoms in total. The van der Waals surface area contributed by atoms with Crippen LogP contribution < -0.4 is 10.6 Å². The Bertz CT molecular complexity index is 963. The van der Waals surface area contributed by atoms with E-state index in [-0.39, 0.29) is 5.91 Å². The molecule has 1 aromatic carbocycles. The number of nitrogens with one attached hydrogen (secondary N) is 2. The van der Waals surface area contributed by atoms with Crippen LogP contribution in [0.4, 0.5) is 0 Å². The van der Waals surface area contributed by atoms with Crippen molar-refractivity contribution in [1.29, 1.82) is 0 Å². The molecule has 28 heavy (non-hydrogen) atoms. The fourth-order valence-corrected chi connectivity index (χ4v) is 3.40. The molecule has 0 bridgehead atoms. The molecule has 1 aliphatic heterocycles. The first kappa shape index (κ1) is 17.1. The SMILES string of the molecule is O=C(NCc1cc2n(n1)CCCNC2)c1ccc(-c2noc(C3CC3)n2)cc1. The highest BCUT2D eigenvalue weighted by molar-refractivity contribution is 5.94. The summed E-state index contributed by atoms with van der Waals surface area (Å²) in [6.45, 7) is 3.16. The molecule has 0 unspecified atom stereocenters. The average Bonchev–Trinajstić information content (AvgIpc) is 3.40. The minimum Gasteiger partial charge on any atom is -0.346 e. The zero-order chi connectivity index (χ0) is 18.9. The van der Waals surface area contributed by atoms with E-state index in [4.69, 9.17) is 4.52 Å². The summed E-state index contributed by atoms with van der Waals surface area (Å²) in [5.74, 6) is 1.59. The topological polar surface area (TPSA) is 97.9 Å². The lowest BCUT2D eigenvalue weighted by atomic mass is 10.1. The zero-order valence-electron chi connectivity index (χ0n) is 15.5. The molecule has 8 heteroatoms. The van der Waals surface area contributed by atoms with Crippen molar-refractivity contribution in [3.8, 4) is 11.4 Å². The third-order valence-corrected chi connectivity index (χ3v) is 5.15. The largest absolute Gasteiger partial charge is 0.346 e. The first-order chi connectivity index (χ1) is 13.8. The molecule has 1 saturated carbocycles. The number of benzene rings is 1. The molecule has 0 radical (unpaired) electrons. The van der Waals surface area contributed by atoms with Crippen molar-refractivity contribution in [2.24, 2.45) is 0 Å². The normalized spacial score (nSPS) is 16.4. The molecule has 2 aliphatic rings. The molecule has 0 atom stereocenters. The Kier molecular flexibility index (Phi) is 4.40. The van der Waals surface area contributed by atoms with Crippen molar-refractivity contribution in [1.82, 2.24) is 30.6 Å². The molecule has 1 aliphatic carbocycles.